The van der Waals surface area contributed by atoms with E-state index < -0.39 is 42.1 Å². The highest BCUT2D eigenvalue weighted by molar-refractivity contribution is 6.04. The number of carbonyl (C=O) groups is 3. The van der Waals surface area contributed by atoms with E-state index in [1.165, 1.54) is 12.1 Å². The van der Waals surface area contributed by atoms with Crippen LogP contribution in [0.1, 0.15) is 33.8 Å². The van der Waals surface area contributed by atoms with Crippen LogP contribution in [0.3, 0.4) is 0 Å². The zero-order valence-electron chi connectivity index (χ0n) is 18.5. The number of carboxylic acid groups (broad SMARTS) is 1. The summed E-state index contributed by atoms with van der Waals surface area (Å²) >= 11 is 0. The molecule has 1 atom stereocenters. The van der Waals surface area contributed by atoms with Crippen LogP contribution < -0.4 is 10.6 Å². The number of aliphatic carboxylic acids is 1. The highest BCUT2D eigenvalue weighted by Gasteiger charge is 2.29. The SMILES string of the molecule is O=C(Nc1c(F)cccc1C(=O)N[C@H](CCO)C(=O)O)OCC1c2ccccc2-c2ccccc21. The Balaban J connectivity index is 1.49. The minimum absolute atomic E-state index is 0.00652. The van der Waals surface area contributed by atoms with Crippen molar-refractivity contribution in [1.82, 2.24) is 5.32 Å². The maximum Gasteiger partial charge on any atom is 0.411 e. The van der Waals surface area contributed by atoms with Crippen molar-refractivity contribution in [2.75, 3.05) is 18.5 Å². The van der Waals surface area contributed by atoms with Gasteiger partial charge in [-0.3, -0.25) is 10.1 Å². The Hall–Kier alpha value is -4.24. The fraction of sp³-hybridized carbons (Fsp3) is 0.192. The van der Waals surface area contributed by atoms with Gasteiger partial charge in [0.05, 0.1) is 11.3 Å². The Bertz CT molecular complexity index is 1230. The van der Waals surface area contributed by atoms with E-state index in [2.05, 4.69) is 10.6 Å². The van der Waals surface area contributed by atoms with Crippen LogP contribution in [-0.2, 0) is 9.53 Å². The van der Waals surface area contributed by atoms with Gasteiger partial charge in [-0.05, 0) is 34.4 Å². The number of rotatable bonds is 8. The number of carboxylic acids is 1. The molecule has 1 aliphatic carbocycles. The van der Waals surface area contributed by atoms with E-state index in [9.17, 15) is 23.9 Å². The van der Waals surface area contributed by atoms with Gasteiger partial charge in [0, 0.05) is 18.9 Å². The molecular weight excluding hydrogens is 455 g/mol. The number of aliphatic hydroxyl groups excluding tert-OH is 1. The highest BCUT2D eigenvalue weighted by atomic mass is 19.1. The van der Waals surface area contributed by atoms with Crippen LogP contribution in [-0.4, -0.2) is 47.4 Å². The average molecular weight is 478 g/mol. The lowest BCUT2D eigenvalue weighted by molar-refractivity contribution is -0.139. The summed E-state index contributed by atoms with van der Waals surface area (Å²) in [4.78, 5) is 36.5. The Morgan fingerprint density at radius 2 is 1.57 bits per heavy atom. The molecule has 9 heteroatoms. The van der Waals surface area contributed by atoms with Crippen molar-refractivity contribution in [2.24, 2.45) is 0 Å². The third-order valence-corrected chi connectivity index (χ3v) is 5.85. The summed E-state index contributed by atoms with van der Waals surface area (Å²) < 4.78 is 20.0. The molecule has 0 bridgehead atoms. The van der Waals surface area contributed by atoms with Gasteiger partial charge in [0.2, 0.25) is 0 Å². The molecule has 0 saturated carbocycles. The number of fused-ring (bicyclic) bond motifs is 3. The molecule has 0 aliphatic heterocycles. The number of benzene rings is 3. The minimum Gasteiger partial charge on any atom is -0.480 e. The number of hydrogen-bond donors (Lipinski definition) is 4. The van der Waals surface area contributed by atoms with Crippen LogP contribution in [0.4, 0.5) is 14.9 Å². The zero-order valence-corrected chi connectivity index (χ0v) is 18.5. The number of anilines is 1. The van der Waals surface area contributed by atoms with E-state index in [0.29, 0.717) is 0 Å². The number of halogens is 1. The van der Waals surface area contributed by atoms with Crippen molar-refractivity contribution in [3.8, 4) is 11.1 Å². The first-order valence-corrected chi connectivity index (χ1v) is 11.0. The largest absolute Gasteiger partial charge is 0.480 e. The topological polar surface area (TPSA) is 125 Å². The summed E-state index contributed by atoms with van der Waals surface area (Å²) in [5, 5.41) is 22.7. The molecule has 1 aliphatic rings. The van der Waals surface area contributed by atoms with Crippen LogP contribution in [0.25, 0.3) is 11.1 Å². The Morgan fingerprint density at radius 1 is 0.943 bits per heavy atom. The van der Waals surface area contributed by atoms with Crippen molar-refractivity contribution >= 4 is 23.7 Å². The fourth-order valence-electron chi connectivity index (χ4n) is 4.20. The molecule has 0 fully saturated rings. The second-order valence-electron chi connectivity index (χ2n) is 7.99. The van der Waals surface area contributed by atoms with Gasteiger partial charge in [-0.2, -0.15) is 0 Å². The van der Waals surface area contributed by atoms with E-state index in [-0.39, 0.29) is 24.5 Å². The maximum atomic E-state index is 14.5. The van der Waals surface area contributed by atoms with Crippen LogP contribution >= 0.6 is 0 Å². The van der Waals surface area contributed by atoms with E-state index in [1.54, 1.807) is 0 Å². The Kier molecular flexibility index (Phi) is 7.07. The summed E-state index contributed by atoms with van der Waals surface area (Å²) in [5.41, 5.74) is 3.42. The third kappa shape index (κ3) is 4.99. The van der Waals surface area contributed by atoms with Crippen LogP contribution in [0.2, 0.25) is 0 Å². The van der Waals surface area contributed by atoms with Crippen molar-refractivity contribution in [3.05, 3.63) is 89.2 Å². The molecule has 0 aromatic heterocycles. The Labute approximate surface area is 200 Å². The molecular formula is C26H23FN2O6. The predicted octanol–water partition coefficient (Wildman–Crippen LogP) is 3.75. The van der Waals surface area contributed by atoms with E-state index in [0.717, 1.165) is 28.3 Å². The fourth-order valence-corrected chi connectivity index (χ4v) is 4.20. The van der Waals surface area contributed by atoms with Crippen LogP contribution in [0.5, 0.6) is 0 Å². The monoisotopic (exact) mass is 478 g/mol. The first kappa shape index (κ1) is 23.9. The molecule has 35 heavy (non-hydrogen) atoms. The maximum absolute atomic E-state index is 14.5. The van der Waals surface area contributed by atoms with Crippen LogP contribution in [0, 0.1) is 5.82 Å². The predicted molar refractivity (Wildman–Crippen MR) is 126 cm³/mol. The van der Waals surface area contributed by atoms with Crippen molar-refractivity contribution in [3.63, 3.8) is 0 Å². The molecule has 0 saturated heterocycles. The number of amides is 2. The molecule has 180 valence electrons. The zero-order chi connectivity index (χ0) is 24.9. The molecule has 2 amide bonds. The second-order valence-corrected chi connectivity index (χ2v) is 7.99. The van der Waals surface area contributed by atoms with Gasteiger partial charge in [-0.25, -0.2) is 14.0 Å². The summed E-state index contributed by atoms with van der Waals surface area (Å²) in [7, 11) is 0. The lowest BCUT2D eigenvalue weighted by atomic mass is 9.98. The average Bonchev–Trinajstić information content (AvgIpc) is 3.17. The molecule has 8 nitrogen and oxygen atoms in total. The number of aliphatic hydroxyl groups is 1. The number of para-hydroxylation sites is 1. The van der Waals surface area contributed by atoms with E-state index in [4.69, 9.17) is 9.84 Å². The first-order valence-electron chi connectivity index (χ1n) is 11.0. The van der Waals surface area contributed by atoms with Gasteiger partial charge in [-0.1, -0.05) is 54.6 Å². The summed E-state index contributed by atoms with van der Waals surface area (Å²) in [5.74, 6) is -3.36. The molecule has 0 radical (unpaired) electrons. The normalized spacial score (nSPS) is 12.9. The van der Waals surface area contributed by atoms with Gasteiger partial charge in [0.25, 0.3) is 5.91 Å². The Morgan fingerprint density at radius 3 is 2.17 bits per heavy atom. The van der Waals surface area contributed by atoms with Gasteiger partial charge in [0.15, 0.2) is 0 Å². The van der Waals surface area contributed by atoms with Gasteiger partial charge < -0.3 is 20.3 Å². The lowest BCUT2D eigenvalue weighted by Gasteiger charge is -2.17. The highest BCUT2D eigenvalue weighted by Crippen LogP contribution is 2.44. The number of nitrogens with one attached hydrogen (secondary N) is 2. The molecule has 0 unspecified atom stereocenters. The second kappa shape index (κ2) is 10.4. The van der Waals surface area contributed by atoms with Gasteiger partial charge >= 0.3 is 12.1 Å². The molecule has 0 heterocycles. The van der Waals surface area contributed by atoms with Gasteiger partial charge in [-0.15, -0.1) is 0 Å². The third-order valence-electron chi connectivity index (χ3n) is 5.85. The van der Waals surface area contributed by atoms with Crippen LogP contribution in [0.15, 0.2) is 66.7 Å². The number of carbonyl (C=O) groups excluding carboxylic acids is 2. The molecule has 3 aromatic rings. The molecule has 0 spiro atoms. The number of hydrogen-bond acceptors (Lipinski definition) is 5. The number of ether oxygens (including phenoxy) is 1. The minimum atomic E-state index is -1.38. The lowest BCUT2D eigenvalue weighted by Crippen LogP contribution is -2.41. The summed E-state index contributed by atoms with van der Waals surface area (Å²) in [6.07, 6.45) is -1.19. The molecule has 3 aromatic carbocycles. The van der Waals surface area contributed by atoms with E-state index in [1.807, 2.05) is 48.5 Å². The van der Waals surface area contributed by atoms with Crippen molar-refractivity contribution in [2.45, 2.75) is 18.4 Å². The van der Waals surface area contributed by atoms with Crippen molar-refractivity contribution in [1.29, 1.82) is 0 Å². The summed E-state index contributed by atoms with van der Waals surface area (Å²) in [6, 6.07) is 17.8. The van der Waals surface area contributed by atoms with Gasteiger partial charge in [0.1, 0.15) is 18.5 Å². The molecule has 4 rings (SSSR count). The van der Waals surface area contributed by atoms with E-state index >= 15 is 0 Å². The smallest absolute Gasteiger partial charge is 0.411 e. The quantitative estimate of drug-likeness (QED) is 0.391. The standard InChI is InChI=1S/C26H23FN2O6/c27-21-11-5-10-19(24(31)28-22(12-13-30)25(32)33)23(21)29-26(34)35-14-20-17-8-3-1-6-15(17)16-7-2-4-9-18(16)20/h1-11,20,22,30H,12-14H2,(H,28,31)(H,29,34)(H,32,33)/t22-/m1/s1. The first-order chi connectivity index (χ1) is 16.9. The summed E-state index contributed by atoms with van der Waals surface area (Å²) in [6.45, 7) is -0.474. The van der Waals surface area contributed by atoms with Crippen molar-refractivity contribution < 1.29 is 33.7 Å². The molecule has 4 N–H and O–H groups in total.